The largest absolute Gasteiger partial charge is 0.492 e. The zero-order valence-electron chi connectivity index (χ0n) is 14.7. The second-order valence-corrected chi connectivity index (χ2v) is 6.50. The number of rotatable bonds is 7. The van der Waals surface area contributed by atoms with Crippen LogP contribution in [0.1, 0.15) is 0 Å². The van der Waals surface area contributed by atoms with Gasteiger partial charge in [-0.2, -0.15) is 0 Å². The molecular weight excluding hydrogens is 370 g/mol. The number of benzene rings is 2. The van der Waals surface area contributed by atoms with Crippen molar-refractivity contribution < 1.29 is 14.5 Å². The van der Waals surface area contributed by atoms with Crippen LogP contribution in [0.4, 0.5) is 5.69 Å². The minimum atomic E-state index is -0.435. The smallest absolute Gasteiger partial charge is 0.270 e. The Morgan fingerprint density at radius 3 is 2.81 bits per heavy atom. The summed E-state index contributed by atoms with van der Waals surface area (Å²) in [4.78, 5) is 24.5. The highest BCUT2D eigenvalue weighted by molar-refractivity contribution is 6.30. The molecule has 0 radical (unpaired) electrons. The summed E-state index contributed by atoms with van der Waals surface area (Å²) in [6.07, 6.45) is 1.75. The van der Waals surface area contributed by atoms with Gasteiger partial charge in [-0.05, 0) is 30.3 Å². The average molecular weight is 388 g/mol. The van der Waals surface area contributed by atoms with Crippen LogP contribution in [0.15, 0.2) is 54.7 Å². The highest BCUT2D eigenvalue weighted by Crippen LogP contribution is 2.22. The van der Waals surface area contributed by atoms with Crippen LogP contribution in [0.5, 0.6) is 5.75 Å². The maximum absolute atomic E-state index is 12.4. The molecular formula is C19H18ClN3O4. The van der Waals surface area contributed by atoms with Crippen molar-refractivity contribution in [3.05, 3.63) is 69.9 Å². The van der Waals surface area contributed by atoms with Gasteiger partial charge >= 0.3 is 0 Å². The summed E-state index contributed by atoms with van der Waals surface area (Å²) in [5, 5.41) is 12.2. The maximum atomic E-state index is 12.4. The molecule has 8 heteroatoms. The van der Waals surface area contributed by atoms with Crippen LogP contribution in [0.3, 0.4) is 0 Å². The van der Waals surface area contributed by atoms with Crippen LogP contribution < -0.4 is 4.74 Å². The van der Waals surface area contributed by atoms with E-state index in [2.05, 4.69) is 0 Å². The van der Waals surface area contributed by atoms with Crippen LogP contribution >= 0.6 is 11.6 Å². The fraction of sp³-hybridized carbons (Fsp3) is 0.211. The third-order valence-corrected chi connectivity index (χ3v) is 4.42. The van der Waals surface area contributed by atoms with Gasteiger partial charge < -0.3 is 14.2 Å². The Labute approximate surface area is 160 Å². The van der Waals surface area contributed by atoms with Crippen molar-refractivity contribution in [1.82, 2.24) is 9.47 Å². The first kappa shape index (κ1) is 18.7. The number of carbonyl (C=O) groups excluding carboxylic acids is 1. The molecule has 0 bridgehead atoms. The Morgan fingerprint density at radius 2 is 2.07 bits per heavy atom. The first-order valence-corrected chi connectivity index (χ1v) is 8.67. The van der Waals surface area contributed by atoms with Gasteiger partial charge in [-0.15, -0.1) is 0 Å². The molecule has 1 aromatic heterocycles. The number of hydrogen-bond acceptors (Lipinski definition) is 4. The lowest BCUT2D eigenvalue weighted by Crippen LogP contribution is -2.33. The number of nitro benzene ring substituents is 1. The summed E-state index contributed by atoms with van der Waals surface area (Å²) in [6, 6.07) is 13.4. The van der Waals surface area contributed by atoms with Crippen LogP contribution in [-0.2, 0) is 11.3 Å². The number of non-ortho nitro benzene ring substituents is 1. The van der Waals surface area contributed by atoms with E-state index in [1.807, 2.05) is 0 Å². The molecule has 2 aromatic carbocycles. The molecule has 0 N–H and O–H groups in total. The van der Waals surface area contributed by atoms with Crippen molar-refractivity contribution in [2.24, 2.45) is 0 Å². The van der Waals surface area contributed by atoms with Crippen LogP contribution in [-0.4, -0.2) is 40.5 Å². The van der Waals surface area contributed by atoms with Crippen molar-refractivity contribution in [2.75, 3.05) is 20.2 Å². The van der Waals surface area contributed by atoms with Crippen molar-refractivity contribution >= 4 is 34.1 Å². The lowest BCUT2D eigenvalue weighted by Gasteiger charge is -2.18. The number of ether oxygens (including phenoxy) is 1. The fourth-order valence-electron chi connectivity index (χ4n) is 2.69. The molecule has 0 fully saturated rings. The zero-order valence-corrected chi connectivity index (χ0v) is 15.4. The summed E-state index contributed by atoms with van der Waals surface area (Å²) in [5.74, 6) is 0.571. The topological polar surface area (TPSA) is 77.6 Å². The Hall–Kier alpha value is -3.06. The molecule has 1 amide bonds. The monoisotopic (exact) mass is 387 g/mol. The number of halogens is 1. The second-order valence-electron chi connectivity index (χ2n) is 6.06. The molecule has 27 heavy (non-hydrogen) atoms. The van der Waals surface area contributed by atoms with E-state index in [1.165, 1.54) is 12.1 Å². The molecule has 0 saturated carbocycles. The number of carbonyl (C=O) groups is 1. The highest BCUT2D eigenvalue weighted by atomic mass is 35.5. The summed E-state index contributed by atoms with van der Waals surface area (Å²) >= 11 is 5.91. The number of hydrogen-bond donors (Lipinski definition) is 0. The van der Waals surface area contributed by atoms with Gasteiger partial charge in [-0.25, -0.2) is 0 Å². The van der Waals surface area contributed by atoms with E-state index in [0.717, 1.165) is 10.9 Å². The molecule has 0 unspecified atom stereocenters. The Balaban J connectivity index is 1.58. The standard InChI is InChI=1S/C19H18ClN3O4/c1-21(9-10-27-17-4-2-3-15(20)12-17)19(24)13-22-8-7-14-11-16(23(25)26)5-6-18(14)22/h2-8,11-12H,9-10,13H2,1H3. The van der Waals surface area contributed by atoms with Gasteiger partial charge in [0, 0.05) is 41.3 Å². The van der Waals surface area contributed by atoms with Crippen molar-refractivity contribution in [3.63, 3.8) is 0 Å². The van der Waals surface area contributed by atoms with Crippen molar-refractivity contribution in [1.29, 1.82) is 0 Å². The number of aromatic nitrogens is 1. The number of likely N-dealkylation sites (N-methyl/N-ethyl adjacent to an activating group) is 1. The predicted octanol–water partition coefficient (Wildman–Crippen LogP) is 3.74. The Bertz CT molecular complexity index is 986. The van der Waals surface area contributed by atoms with E-state index in [1.54, 1.807) is 59.1 Å². The third kappa shape index (κ3) is 4.57. The molecule has 1 heterocycles. The van der Waals surface area contributed by atoms with Gasteiger partial charge in [0.25, 0.3) is 5.69 Å². The van der Waals surface area contributed by atoms with Crippen molar-refractivity contribution in [3.8, 4) is 5.75 Å². The average Bonchev–Trinajstić information content (AvgIpc) is 3.03. The lowest BCUT2D eigenvalue weighted by molar-refractivity contribution is -0.384. The summed E-state index contributed by atoms with van der Waals surface area (Å²) in [7, 11) is 1.71. The predicted molar refractivity (Wildman–Crippen MR) is 103 cm³/mol. The van der Waals surface area contributed by atoms with Crippen LogP contribution in [0, 0.1) is 10.1 Å². The molecule has 0 spiro atoms. The van der Waals surface area contributed by atoms with Gasteiger partial charge in [0.05, 0.1) is 11.5 Å². The number of nitro groups is 1. The van der Waals surface area contributed by atoms with E-state index < -0.39 is 4.92 Å². The van der Waals surface area contributed by atoms with Gasteiger partial charge in [0.1, 0.15) is 18.9 Å². The Morgan fingerprint density at radius 1 is 1.26 bits per heavy atom. The minimum absolute atomic E-state index is 0.0295. The van der Waals surface area contributed by atoms with E-state index in [9.17, 15) is 14.9 Å². The molecule has 0 saturated heterocycles. The lowest BCUT2D eigenvalue weighted by atomic mass is 10.2. The minimum Gasteiger partial charge on any atom is -0.492 e. The van der Waals surface area contributed by atoms with Gasteiger partial charge in [0.15, 0.2) is 0 Å². The van der Waals surface area contributed by atoms with Crippen molar-refractivity contribution in [2.45, 2.75) is 6.54 Å². The number of nitrogens with zero attached hydrogens (tertiary/aromatic N) is 3. The third-order valence-electron chi connectivity index (χ3n) is 4.19. The fourth-order valence-corrected chi connectivity index (χ4v) is 2.87. The van der Waals surface area contributed by atoms with Gasteiger partial charge in [-0.3, -0.25) is 14.9 Å². The molecule has 140 valence electrons. The molecule has 3 rings (SSSR count). The van der Waals surface area contributed by atoms with Crippen LogP contribution in [0.25, 0.3) is 10.9 Å². The van der Waals surface area contributed by atoms with Gasteiger partial charge in [-0.1, -0.05) is 17.7 Å². The molecule has 0 aliphatic carbocycles. The van der Waals surface area contributed by atoms with E-state index in [-0.39, 0.29) is 18.1 Å². The number of fused-ring (bicyclic) bond motifs is 1. The van der Waals surface area contributed by atoms with E-state index >= 15 is 0 Å². The zero-order chi connectivity index (χ0) is 19.4. The Kier molecular flexibility index (Phi) is 5.61. The SMILES string of the molecule is CN(CCOc1cccc(Cl)c1)C(=O)Cn1ccc2cc([N+](=O)[O-])ccc21. The quantitative estimate of drug-likeness (QED) is 0.457. The molecule has 0 aliphatic heterocycles. The normalized spacial score (nSPS) is 10.7. The maximum Gasteiger partial charge on any atom is 0.270 e. The van der Waals surface area contributed by atoms with E-state index in [4.69, 9.17) is 16.3 Å². The molecule has 0 aliphatic rings. The van der Waals surface area contributed by atoms with Gasteiger partial charge in [0.2, 0.25) is 5.91 Å². The number of amides is 1. The highest BCUT2D eigenvalue weighted by Gasteiger charge is 2.13. The summed E-state index contributed by atoms with van der Waals surface area (Å²) < 4.78 is 7.37. The first-order chi connectivity index (χ1) is 12.9. The second kappa shape index (κ2) is 8.09. The summed E-state index contributed by atoms with van der Waals surface area (Å²) in [5.41, 5.74) is 0.805. The molecule has 0 atom stereocenters. The first-order valence-electron chi connectivity index (χ1n) is 8.29. The van der Waals surface area contributed by atoms with Crippen LogP contribution in [0.2, 0.25) is 5.02 Å². The molecule has 7 nitrogen and oxygen atoms in total. The summed E-state index contributed by atoms with van der Waals surface area (Å²) in [6.45, 7) is 0.923. The molecule has 3 aromatic rings. The van der Waals surface area contributed by atoms with E-state index in [0.29, 0.717) is 23.9 Å².